The van der Waals surface area contributed by atoms with Gasteiger partial charge < -0.3 is 5.11 Å². The minimum atomic E-state index is -0.758. The summed E-state index contributed by atoms with van der Waals surface area (Å²) >= 11 is 0. The molecule has 0 amide bonds. The highest BCUT2D eigenvalue weighted by atomic mass is 16.4. The van der Waals surface area contributed by atoms with Gasteiger partial charge in [-0.3, -0.25) is 9.78 Å². The summed E-state index contributed by atoms with van der Waals surface area (Å²) in [5, 5.41) is 9.86. The standard InChI is InChI=1S/C15H17NO2/c1-9-6-11(3)16-15-10(2)7-12(8-13(9)15)4-5-14(17)18/h6-8H,4-5H2,1-3H3,(H,17,18). The first-order valence-corrected chi connectivity index (χ1v) is 6.06. The van der Waals surface area contributed by atoms with Crippen LogP contribution in [0, 0.1) is 20.8 Å². The summed E-state index contributed by atoms with van der Waals surface area (Å²) in [5.41, 5.74) is 5.40. The number of rotatable bonds is 3. The molecule has 3 nitrogen and oxygen atoms in total. The van der Waals surface area contributed by atoms with Gasteiger partial charge in [-0.2, -0.15) is 0 Å². The van der Waals surface area contributed by atoms with Crippen LogP contribution in [-0.4, -0.2) is 16.1 Å². The van der Waals surface area contributed by atoms with E-state index in [-0.39, 0.29) is 6.42 Å². The zero-order chi connectivity index (χ0) is 13.3. The number of fused-ring (bicyclic) bond motifs is 1. The van der Waals surface area contributed by atoms with Gasteiger partial charge in [0, 0.05) is 17.5 Å². The molecule has 0 fully saturated rings. The third-order valence-electron chi connectivity index (χ3n) is 3.13. The number of hydrogen-bond donors (Lipinski definition) is 1. The predicted molar refractivity (Wildman–Crippen MR) is 71.9 cm³/mol. The molecule has 1 heterocycles. The van der Waals surface area contributed by atoms with Crippen molar-refractivity contribution in [3.8, 4) is 0 Å². The smallest absolute Gasteiger partial charge is 0.303 e. The minimum absolute atomic E-state index is 0.170. The predicted octanol–water partition coefficient (Wildman–Crippen LogP) is 3.18. The van der Waals surface area contributed by atoms with Gasteiger partial charge in [-0.15, -0.1) is 0 Å². The third-order valence-corrected chi connectivity index (χ3v) is 3.13. The van der Waals surface area contributed by atoms with Crippen LogP contribution in [-0.2, 0) is 11.2 Å². The van der Waals surface area contributed by atoms with E-state index in [1.807, 2.05) is 19.9 Å². The lowest BCUT2D eigenvalue weighted by atomic mass is 9.99. The first-order chi connectivity index (χ1) is 8.47. The average molecular weight is 243 g/mol. The summed E-state index contributed by atoms with van der Waals surface area (Å²) in [6.07, 6.45) is 0.739. The monoisotopic (exact) mass is 243 g/mol. The Morgan fingerprint density at radius 1 is 1.17 bits per heavy atom. The Hall–Kier alpha value is -1.90. The lowest BCUT2D eigenvalue weighted by Gasteiger charge is -2.09. The fourth-order valence-electron chi connectivity index (χ4n) is 2.30. The molecule has 18 heavy (non-hydrogen) atoms. The highest BCUT2D eigenvalue weighted by Crippen LogP contribution is 2.23. The highest BCUT2D eigenvalue weighted by molar-refractivity contribution is 5.85. The number of carboxylic acid groups (broad SMARTS) is 1. The first kappa shape index (κ1) is 12.6. The number of pyridine rings is 1. The second-order valence-electron chi connectivity index (χ2n) is 4.78. The molecule has 0 saturated carbocycles. The van der Waals surface area contributed by atoms with Crippen molar-refractivity contribution in [2.75, 3.05) is 0 Å². The molecule has 1 N–H and O–H groups in total. The van der Waals surface area contributed by atoms with Crippen molar-refractivity contribution >= 4 is 16.9 Å². The Balaban J connectivity index is 2.51. The Morgan fingerprint density at radius 3 is 2.56 bits per heavy atom. The van der Waals surface area contributed by atoms with Gasteiger partial charge in [-0.05, 0) is 56.0 Å². The number of nitrogens with zero attached hydrogens (tertiary/aromatic N) is 1. The molecule has 0 aliphatic rings. The van der Waals surface area contributed by atoms with E-state index in [1.165, 1.54) is 5.56 Å². The molecule has 0 bridgehead atoms. The van der Waals surface area contributed by atoms with Crippen molar-refractivity contribution in [3.05, 3.63) is 40.6 Å². The second kappa shape index (κ2) is 4.77. The van der Waals surface area contributed by atoms with E-state index in [9.17, 15) is 4.79 Å². The molecule has 2 aromatic rings. The zero-order valence-electron chi connectivity index (χ0n) is 10.9. The third kappa shape index (κ3) is 2.50. The van der Waals surface area contributed by atoms with E-state index < -0.39 is 5.97 Å². The lowest BCUT2D eigenvalue weighted by Crippen LogP contribution is -1.99. The van der Waals surface area contributed by atoms with Crippen LogP contribution in [0.2, 0.25) is 0 Å². The van der Waals surface area contributed by atoms with Crippen molar-refractivity contribution in [2.24, 2.45) is 0 Å². The fourth-order valence-corrected chi connectivity index (χ4v) is 2.30. The zero-order valence-corrected chi connectivity index (χ0v) is 10.9. The number of carbonyl (C=O) groups is 1. The molecule has 1 aromatic heterocycles. The van der Waals surface area contributed by atoms with Crippen molar-refractivity contribution < 1.29 is 9.90 Å². The van der Waals surface area contributed by atoms with Crippen molar-refractivity contribution in [2.45, 2.75) is 33.6 Å². The molecule has 2 rings (SSSR count). The topological polar surface area (TPSA) is 50.2 Å². The van der Waals surface area contributed by atoms with Crippen LogP contribution < -0.4 is 0 Å². The summed E-state index contributed by atoms with van der Waals surface area (Å²) < 4.78 is 0. The maximum absolute atomic E-state index is 10.6. The minimum Gasteiger partial charge on any atom is -0.481 e. The molecule has 0 atom stereocenters. The molecule has 3 heteroatoms. The number of aryl methyl sites for hydroxylation is 4. The van der Waals surface area contributed by atoms with Crippen LogP contribution in [0.25, 0.3) is 10.9 Å². The normalized spacial score (nSPS) is 10.8. The molecule has 0 saturated heterocycles. The number of hydrogen-bond acceptors (Lipinski definition) is 2. The first-order valence-electron chi connectivity index (χ1n) is 6.06. The van der Waals surface area contributed by atoms with Crippen LogP contribution in [0.3, 0.4) is 0 Å². The van der Waals surface area contributed by atoms with Gasteiger partial charge in [0.25, 0.3) is 0 Å². The van der Waals surface area contributed by atoms with Gasteiger partial charge in [0.15, 0.2) is 0 Å². The molecular weight excluding hydrogens is 226 g/mol. The van der Waals surface area contributed by atoms with Gasteiger partial charge >= 0.3 is 5.97 Å². The van der Waals surface area contributed by atoms with Gasteiger partial charge in [-0.1, -0.05) is 6.07 Å². The lowest BCUT2D eigenvalue weighted by molar-refractivity contribution is -0.136. The Morgan fingerprint density at radius 2 is 1.89 bits per heavy atom. The SMILES string of the molecule is Cc1cc(C)c2cc(CCC(=O)O)cc(C)c2n1. The molecule has 0 aliphatic heterocycles. The molecule has 0 aliphatic carbocycles. The number of aliphatic carboxylic acids is 1. The van der Waals surface area contributed by atoms with Crippen LogP contribution in [0.1, 0.15) is 28.8 Å². The number of benzene rings is 1. The molecule has 94 valence electrons. The number of aromatic nitrogens is 1. The second-order valence-corrected chi connectivity index (χ2v) is 4.78. The van der Waals surface area contributed by atoms with Crippen molar-refractivity contribution in [1.29, 1.82) is 0 Å². The Bertz CT molecular complexity index is 617. The number of carboxylic acids is 1. The summed E-state index contributed by atoms with van der Waals surface area (Å²) in [6, 6.07) is 6.16. The van der Waals surface area contributed by atoms with E-state index in [4.69, 9.17) is 5.11 Å². The molecule has 1 aromatic carbocycles. The average Bonchev–Trinajstić information content (AvgIpc) is 2.28. The Kier molecular flexibility index (Phi) is 3.32. The van der Waals surface area contributed by atoms with E-state index in [0.29, 0.717) is 6.42 Å². The molecule has 0 spiro atoms. The van der Waals surface area contributed by atoms with E-state index in [1.54, 1.807) is 0 Å². The fraction of sp³-hybridized carbons (Fsp3) is 0.333. The van der Waals surface area contributed by atoms with Gasteiger partial charge in [-0.25, -0.2) is 0 Å². The highest BCUT2D eigenvalue weighted by Gasteiger charge is 2.07. The van der Waals surface area contributed by atoms with Gasteiger partial charge in [0.1, 0.15) is 0 Å². The summed E-state index contributed by atoms with van der Waals surface area (Å²) in [6.45, 7) is 6.08. The Labute approximate surface area is 106 Å². The van der Waals surface area contributed by atoms with E-state index in [0.717, 1.165) is 27.7 Å². The van der Waals surface area contributed by atoms with Crippen LogP contribution in [0.15, 0.2) is 18.2 Å². The van der Waals surface area contributed by atoms with Crippen LogP contribution in [0.5, 0.6) is 0 Å². The van der Waals surface area contributed by atoms with Crippen LogP contribution in [0.4, 0.5) is 0 Å². The maximum atomic E-state index is 10.6. The molecular formula is C15H17NO2. The maximum Gasteiger partial charge on any atom is 0.303 e. The largest absolute Gasteiger partial charge is 0.481 e. The van der Waals surface area contributed by atoms with E-state index in [2.05, 4.69) is 24.0 Å². The summed E-state index contributed by atoms with van der Waals surface area (Å²) in [5.74, 6) is -0.758. The van der Waals surface area contributed by atoms with Crippen molar-refractivity contribution in [1.82, 2.24) is 4.98 Å². The molecule has 0 radical (unpaired) electrons. The van der Waals surface area contributed by atoms with Gasteiger partial charge in [0.2, 0.25) is 0 Å². The van der Waals surface area contributed by atoms with Crippen molar-refractivity contribution in [3.63, 3.8) is 0 Å². The summed E-state index contributed by atoms with van der Waals surface area (Å²) in [7, 11) is 0. The quantitative estimate of drug-likeness (QED) is 0.900. The van der Waals surface area contributed by atoms with Crippen LogP contribution >= 0.6 is 0 Å². The van der Waals surface area contributed by atoms with E-state index >= 15 is 0 Å². The molecule has 0 unspecified atom stereocenters. The summed E-state index contributed by atoms with van der Waals surface area (Å²) in [4.78, 5) is 15.2. The van der Waals surface area contributed by atoms with Gasteiger partial charge in [0.05, 0.1) is 5.52 Å².